The Morgan fingerprint density at radius 2 is 1.82 bits per heavy atom. The molecule has 0 aliphatic carbocycles. The van der Waals surface area contributed by atoms with Crippen molar-refractivity contribution in [3.05, 3.63) is 12.2 Å². The molecule has 0 saturated carbocycles. The van der Waals surface area contributed by atoms with Gasteiger partial charge in [-0.2, -0.15) is 0 Å². The smallest absolute Gasteiger partial charge is 0.332 e. The van der Waals surface area contributed by atoms with E-state index in [0.29, 0.717) is 5.57 Å². The minimum atomic E-state index is -0.361. The minimum Gasteiger partial charge on any atom is -0.467 e. The molecule has 0 atom stereocenters. The molecule has 0 fully saturated rings. The Hall–Kier alpha value is 2.74. The molecule has 0 aliphatic rings. The fourth-order valence-corrected chi connectivity index (χ4v) is 0.320. The Bertz CT molecular complexity index is 118. The quantitative estimate of drug-likeness (QED) is 0.381. The monoisotopic (exact) mass is 394 g/mol. The molecular formula is C5H7O2SiY3. The van der Waals surface area contributed by atoms with Gasteiger partial charge in [-0.1, -0.05) is 6.58 Å². The van der Waals surface area contributed by atoms with Crippen molar-refractivity contribution in [3.63, 3.8) is 0 Å². The van der Waals surface area contributed by atoms with Gasteiger partial charge < -0.3 is 4.74 Å². The van der Waals surface area contributed by atoms with Gasteiger partial charge in [0.25, 0.3) is 0 Å². The Labute approximate surface area is 146 Å². The second-order valence-electron chi connectivity index (χ2n) is 1.36. The zero-order valence-corrected chi connectivity index (χ0v) is 16.0. The van der Waals surface area contributed by atoms with Crippen LogP contribution in [0.3, 0.4) is 0 Å². The van der Waals surface area contributed by atoms with Crippen molar-refractivity contribution in [2.75, 3.05) is 6.23 Å². The third-order valence-electron chi connectivity index (χ3n) is 0.552. The van der Waals surface area contributed by atoms with Crippen molar-refractivity contribution in [3.8, 4) is 0 Å². The number of rotatable bonds is 2. The molecular weight excluding hydrogens is 387 g/mol. The van der Waals surface area contributed by atoms with Gasteiger partial charge in [0.2, 0.25) is 0 Å². The average Bonchev–Trinajstić information content (AvgIpc) is 1.67. The molecule has 2 nitrogen and oxygen atoms in total. The number of carbonyl (C=O) groups is 1. The van der Waals surface area contributed by atoms with Crippen molar-refractivity contribution < 1.29 is 108 Å². The van der Waals surface area contributed by atoms with Crippen molar-refractivity contribution in [1.82, 2.24) is 0 Å². The molecule has 0 saturated heterocycles. The molecule has 0 aromatic heterocycles. The Balaban J connectivity index is -0.0000000817. The molecule has 0 aromatic carbocycles. The number of ether oxygens (including phenoxy) is 1. The number of hydrogen-bond donors (Lipinski definition) is 0. The van der Waals surface area contributed by atoms with Crippen molar-refractivity contribution >= 4 is 16.2 Å². The van der Waals surface area contributed by atoms with Crippen LogP contribution in [0.15, 0.2) is 12.2 Å². The molecule has 0 heterocycles. The summed E-state index contributed by atoms with van der Waals surface area (Å²) in [5.74, 6) is -0.361. The first kappa shape index (κ1) is 23.5. The van der Waals surface area contributed by atoms with Crippen LogP contribution in [0.25, 0.3) is 0 Å². The first-order chi connectivity index (χ1) is 3.68. The summed E-state index contributed by atoms with van der Waals surface area (Å²) < 4.78 is 4.48. The van der Waals surface area contributed by atoms with Crippen LogP contribution in [-0.4, -0.2) is 22.4 Å². The topological polar surface area (TPSA) is 26.3 Å². The van der Waals surface area contributed by atoms with Crippen LogP contribution in [-0.2, 0) is 108 Å². The predicted octanol–water partition coefficient (Wildman–Crippen LogP) is 0.224. The summed E-state index contributed by atoms with van der Waals surface area (Å²) in [6, 6.07) is 0. The Morgan fingerprint density at radius 1 is 1.45 bits per heavy atom. The summed E-state index contributed by atoms with van der Waals surface area (Å²) in [5.41, 5.74) is 0.420. The van der Waals surface area contributed by atoms with Crippen molar-refractivity contribution in [2.24, 2.45) is 0 Å². The van der Waals surface area contributed by atoms with E-state index in [1.165, 1.54) is 0 Å². The molecule has 11 heavy (non-hydrogen) atoms. The van der Waals surface area contributed by atoms with Crippen LogP contribution in [0.2, 0.25) is 0 Å². The second-order valence-corrected chi connectivity index (χ2v) is 1.65. The van der Waals surface area contributed by atoms with E-state index in [-0.39, 0.29) is 110 Å². The third kappa shape index (κ3) is 15.5. The first-order valence-corrected chi connectivity index (χ1v) is 2.86. The summed E-state index contributed by atoms with van der Waals surface area (Å²) in [6.45, 7) is 4.98. The van der Waals surface area contributed by atoms with Crippen LogP contribution in [0, 0.1) is 0 Å². The molecule has 0 spiro atoms. The third-order valence-corrected chi connectivity index (χ3v) is 0.696. The van der Waals surface area contributed by atoms with Gasteiger partial charge in [-0.15, -0.1) is 0 Å². The minimum absolute atomic E-state index is 0. The molecule has 0 amide bonds. The Morgan fingerprint density at radius 3 is 1.91 bits per heavy atom. The fraction of sp³-hybridized carbons (Fsp3) is 0.400. The SMILES string of the molecule is C=C(C)C(=O)OC[Si].[Y].[Y].[Y]. The van der Waals surface area contributed by atoms with E-state index in [1.807, 2.05) is 0 Å². The molecule has 0 bridgehead atoms. The van der Waals surface area contributed by atoms with Gasteiger partial charge in [-0.25, -0.2) is 4.79 Å². The van der Waals surface area contributed by atoms with Crippen molar-refractivity contribution in [1.29, 1.82) is 0 Å². The van der Waals surface area contributed by atoms with E-state index >= 15 is 0 Å². The maximum Gasteiger partial charge on any atom is 0.332 e. The van der Waals surface area contributed by atoms with E-state index in [1.54, 1.807) is 6.92 Å². The van der Waals surface area contributed by atoms with Gasteiger partial charge in [0.15, 0.2) is 0 Å². The molecule has 0 unspecified atom stereocenters. The van der Waals surface area contributed by atoms with Gasteiger partial charge in [0.1, 0.15) is 0 Å². The molecule has 0 aromatic rings. The largest absolute Gasteiger partial charge is 0.467 e. The summed E-state index contributed by atoms with van der Waals surface area (Å²) in [6.07, 6.45) is 0.228. The second kappa shape index (κ2) is 15.2. The fourth-order valence-electron chi connectivity index (χ4n) is 0.189. The average molecular weight is 394 g/mol. The van der Waals surface area contributed by atoms with Gasteiger partial charge in [0, 0.05) is 104 Å². The van der Waals surface area contributed by atoms with Gasteiger partial charge in [-0.05, 0) is 6.92 Å². The molecule has 0 rings (SSSR count). The summed E-state index contributed by atoms with van der Waals surface area (Å²) >= 11 is 0. The molecule has 0 aliphatic heterocycles. The van der Waals surface area contributed by atoms with Crippen LogP contribution >= 0.6 is 0 Å². The zero-order valence-electron chi connectivity index (χ0n) is 6.46. The zero-order chi connectivity index (χ0) is 6.57. The van der Waals surface area contributed by atoms with E-state index in [9.17, 15) is 4.79 Å². The van der Waals surface area contributed by atoms with Crippen LogP contribution in [0.5, 0.6) is 0 Å². The maximum absolute atomic E-state index is 10.4. The Kier molecular flexibility index (Phi) is 32.5. The van der Waals surface area contributed by atoms with Gasteiger partial charge in [-0.3, -0.25) is 0 Å². The molecule has 6 radical (unpaired) electrons. The molecule has 52 valence electrons. The normalized spacial score (nSPS) is 6.00. The standard InChI is InChI=1S/C5H7O2Si.3Y/c1-4(2)5(6)7-3-8;;;/h1,3H2,2H3;;;. The number of esters is 1. The van der Waals surface area contributed by atoms with E-state index < -0.39 is 0 Å². The van der Waals surface area contributed by atoms with Crippen LogP contribution in [0.4, 0.5) is 0 Å². The van der Waals surface area contributed by atoms with Crippen LogP contribution < -0.4 is 0 Å². The summed E-state index contributed by atoms with van der Waals surface area (Å²) in [7, 11) is 2.98. The maximum atomic E-state index is 10.4. The first-order valence-electron chi connectivity index (χ1n) is 2.15. The van der Waals surface area contributed by atoms with Gasteiger partial charge in [0.05, 0.1) is 16.5 Å². The number of carbonyl (C=O) groups excluding carboxylic acids is 1. The van der Waals surface area contributed by atoms with E-state index in [4.69, 9.17) is 0 Å². The molecule has 6 heteroatoms. The molecule has 0 N–H and O–H groups in total. The summed E-state index contributed by atoms with van der Waals surface area (Å²) in [5, 5.41) is 0. The predicted molar refractivity (Wildman–Crippen MR) is 31.5 cm³/mol. The van der Waals surface area contributed by atoms with E-state index in [2.05, 4.69) is 21.6 Å². The summed E-state index contributed by atoms with van der Waals surface area (Å²) in [4.78, 5) is 10.4. The van der Waals surface area contributed by atoms with Gasteiger partial charge >= 0.3 is 5.97 Å². The van der Waals surface area contributed by atoms with Crippen molar-refractivity contribution in [2.45, 2.75) is 6.92 Å². The van der Waals surface area contributed by atoms with Crippen LogP contribution in [0.1, 0.15) is 6.92 Å². The number of hydrogen-bond acceptors (Lipinski definition) is 2. The van der Waals surface area contributed by atoms with E-state index in [0.717, 1.165) is 0 Å².